The number of amides is 1. The minimum absolute atomic E-state index is 0.289. The van der Waals surface area contributed by atoms with Crippen LogP contribution in [0, 0.1) is 11.8 Å². The van der Waals surface area contributed by atoms with Gasteiger partial charge < -0.3 is 11.1 Å². The Hall–Kier alpha value is -1.65. The van der Waals surface area contributed by atoms with Gasteiger partial charge >= 0.3 is 0 Å². The van der Waals surface area contributed by atoms with E-state index in [0.717, 1.165) is 8.95 Å². The highest BCUT2D eigenvalue weighted by Crippen LogP contribution is 2.35. The van der Waals surface area contributed by atoms with Gasteiger partial charge in [-0.25, -0.2) is 18.7 Å². The lowest BCUT2D eigenvalue weighted by Crippen LogP contribution is -2.15. The number of anilines is 2. The molecule has 2 aliphatic rings. The standard InChI is InChI=1S/C9H8BrFN2O.C5H5BrN2.C4H4ClFO/c10-5-1-2-12-8(3-5)13-9(14)6-4-7(6)11;6-4-1-2-8-5(7)3-4;5-4(7)2-1-3(2)6/h1-3,6-7H,4H2,(H,12,13,14);1-3H,(H2,7,8);2-3H,1H2/t6-,7+;;2-,3+/m1.1/s1. The van der Waals surface area contributed by atoms with Crippen LogP contribution in [0.15, 0.2) is 45.6 Å². The largest absolute Gasteiger partial charge is 0.384 e. The lowest BCUT2D eigenvalue weighted by Gasteiger charge is -2.02. The molecule has 2 saturated carbocycles. The first-order chi connectivity index (χ1) is 13.7. The zero-order chi connectivity index (χ0) is 21.6. The summed E-state index contributed by atoms with van der Waals surface area (Å²) in [6, 6.07) is 7.01. The maximum atomic E-state index is 12.5. The van der Waals surface area contributed by atoms with Crippen LogP contribution in [-0.4, -0.2) is 33.5 Å². The number of nitrogens with two attached hydrogens (primary N) is 1. The molecule has 0 radical (unpaired) electrons. The Balaban J connectivity index is 0.000000170. The van der Waals surface area contributed by atoms with E-state index in [9.17, 15) is 18.4 Å². The third kappa shape index (κ3) is 8.71. The van der Waals surface area contributed by atoms with Crippen molar-refractivity contribution in [1.29, 1.82) is 0 Å². The van der Waals surface area contributed by atoms with E-state index in [1.54, 1.807) is 30.6 Å². The number of aromatic nitrogens is 2. The van der Waals surface area contributed by atoms with Gasteiger partial charge in [-0.1, -0.05) is 31.9 Å². The van der Waals surface area contributed by atoms with Crippen LogP contribution >= 0.6 is 43.5 Å². The number of carbonyl (C=O) groups excluding carboxylic acids is 2. The number of pyridine rings is 2. The summed E-state index contributed by atoms with van der Waals surface area (Å²) >= 11 is 11.4. The number of halogens is 5. The Bertz CT molecular complexity index is 860. The van der Waals surface area contributed by atoms with Gasteiger partial charge in [-0.2, -0.15) is 0 Å². The summed E-state index contributed by atoms with van der Waals surface area (Å²) < 4.78 is 26.0. The second-order valence-electron chi connectivity index (χ2n) is 6.27. The molecule has 2 aromatic rings. The lowest BCUT2D eigenvalue weighted by atomic mass is 10.4. The molecule has 0 aliphatic heterocycles. The predicted molar refractivity (Wildman–Crippen MR) is 114 cm³/mol. The van der Waals surface area contributed by atoms with Crippen LogP contribution in [0.25, 0.3) is 0 Å². The summed E-state index contributed by atoms with van der Waals surface area (Å²) in [7, 11) is 0. The second kappa shape index (κ2) is 10.9. The summed E-state index contributed by atoms with van der Waals surface area (Å²) in [4.78, 5) is 29.0. The van der Waals surface area contributed by atoms with Crippen molar-refractivity contribution in [3.63, 3.8) is 0 Å². The summed E-state index contributed by atoms with van der Waals surface area (Å²) in [6.07, 6.45) is 1.98. The zero-order valence-corrected chi connectivity index (χ0v) is 18.8. The highest BCUT2D eigenvalue weighted by atomic mass is 79.9. The van der Waals surface area contributed by atoms with Crippen LogP contribution in [0.5, 0.6) is 0 Å². The number of nitrogen functional groups attached to an aromatic ring is 1. The number of alkyl halides is 2. The molecule has 11 heteroatoms. The Morgan fingerprint density at radius 3 is 1.90 bits per heavy atom. The van der Waals surface area contributed by atoms with E-state index >= 15 is 0 Å². The fraction of sp³-hybridized carbons (Fsp3) is 0.333. The van der Waals surface area contributed by atoms with Crippen molar-refractivity contribution in [3.05, 3.63) is 45.6 Å². The maximum Gasteiger partial charge on any atom is 0.231 e. The Morgan fingerprint density at radius 2 is 1.55 bits per heavy atom. The molecule has 6 nitrogen and oxygen atoms in total. The van der Waals surface area contributed by atoms with Crippen LogP contribution in [0.2, 0.25) is 0 Å². The summed E-state index contributed by atoms with van der Waals surface area (Å²) in [5, 5.41) is 2.02. The van der Waals surface area contributed by atoms with E-state index in [1.165, 1.54) is 0 Å². The third-order valence-corrected chi connectivity index (χ3v) is 5.04. The zero-order valence-electron chi connectivity index (χ0n) is 14.9. The monoisotopic (exact) mass is 552 g/mol. The Kier molecular flexibility index (Phi) is 8.91. The minimum Gasteiger partial charge on any atom is -0.384 e. The molecular weight excluding hydrogens is 537 g/mol. The fourth-order valence-corrected chi connectivity index (χ4v) is 2.86. The average Bonchev–Trinajstić information content (AvgIpc) is 3.54. The van der Waals surface area contributed by atoms with Gasteiger partial charge in [0.05, 0.1) is 11.8 Å². The molecule has 4 rings (SSSR count). The van der Waals surface area contributed by atoms with Crippen molar-refractivity contribution >= 4 is 66.2 Å². The van der Waals surface area contributed by atoms with Crippen LogP contribution in [0.1, 0.15) is 12.8 Å². The average molecular weight is 555 g/mol. The number of nitrogens with one attached hydrogen (secondary N) is 1. The van der Waals surface area contributed by atoms with E-state index in [2.05, 4.69) is 47.1 Å². The van der Waals surface area contributed by atoms with E-state index in [-0.39, 0.29) is 5.91 Å². The molecule has 2 heterocycles. The van der Waals surface area contributed by atoms with E-state index in [1.807, 2.05) is 6.07 Å². The number of carbonyl (C=O) groups is 2. The van der Waals surface area contributed by atoms with Crippen LogP contribution in [-0.2, 0) is 9.59 Å². The Labute approximate surface area is 187 Å². The van der Waals surface area contributed by atoms with Gasteiger partial charge in [-0.15, -0.1) is 0 Å². The topological polar surface area (TPSA) is 98.0 Å². The molecule has 2 aliphatic carbocycles. The highest BCUT2D eigenvalue weighted by Gasteiger charge is 2.43. The number of hydrogen-bond donors (Lipinski definition) is 2. The third-order valence-electron chi connectivity index (χ3n) is 3.77. The predicted octanol–water partition coefficient (Wildman–Crippen LogP) is 4.68. The summed E-state index contributed by atoms with van der Waals surface area (Å²) in [5.41, 5.74) is 5.32. The van der Waals surface area contributed by atoms with Crippen LogP contribution in [0.3, 0.4) is 0 Å². The molecule has 0 saturated heterocycles. The molecule has 0 unspecified atom stereocenters. The van der Waals surface area contributed by atoms with Gasteiger partial charge in [0.15, 0.2) is 0 Å². The first kappa shape index (κ1) is 23.6. The number of hydrogen-bond acceptors (Lipinski definition) is 5. The van der Waals surface area contributed by atoms with Gasteiger partial charge in [0, 0.05) is 21.3 Å². The highest BCUT2D eigenvalue weighted by molar-refractivity contribution is 9.10. The molecule has 0 aromatic carbocycles. The van der Waals surface area contributed by atoms with Crippen LogP contribution in [0.4, 0.5) is 20.4 Å². The Morgan fingerprint density at radius 1 is 1.03 bits per heavy atom. The molecule has 2 fully saturated rings. The quantitative estimate of drug-likeness (QED) is 0.538. The molecule has 2 aromatic heterocycles. The molecule has 1 amide bonds. The van der Waals surface area contributed by atoms with Crippen molar-refractivity contribution in [2.24, 2.45) is 11.8 Å². The first-order valence-electron chi connectivity index (χ1n) is 8.44. The minimum atomic E-state index is -0.970. The van der Waals surface area contributed by atoms with E-state index in [4.69, 9.17) is 17.3 Å². The molecular formula is C18H17Br2ClF2N4O2. The molecule has 4 atom stereocenters. The molecule has 156 valence electrons. The van der Waals surface area contributed by atoms with Crippen LogP contribution < -0.4 is 11.1 Å². The van der Waals surface area contributed by atoms with E-state index in [0.29, 0.717) is 24.5 Å². The van der Waals surface area contributed by atoms with E-state index < -0.39 is 29.4 Å². The number of rotatable bonds is 3. The van der Waals surface area contributed by atoms with Gasteiger partial charge in [0.2, 0.25) is 11.1 Å². The SMILES string of the molecule is Nc1cc(Br)ccn1.O=C(Cl)[C@@H]1C[C@@H]1F.O=C(Nc1cc(Br)ccn1)[C@@H]1C[C@@H]1F. The van der Waals surface area contributed by atoms with Crippen molar-refractivity contribution in [3.8, 4) is 0 Å². The molecule has 3 N–H and O–H groups in total. The lowest BCUT2D eigenvalue weighted by molar-refractivity contribution is -0.117. The summed E-state index contributed by atoms with van der Waals surface area (Å²) in [6.45, 7) is 0. The molecule has 0 bridgehead atoms. The van der Waals surface area contributed by atoms with Crippen molar-refractivity contribution < 1.29 is 18.4 Å². The van der Waals surface area contributed by atoms with Gasteiger partial charge in [0.25, 0.3) is 0 Å². The second-order valence-corrected chi connectivity index (χ2v) is 8.47. The fourth-order valence-electron chi connectivity index (χ4n) is 1.95. The smallest absolute Gasteiger partial charge is 0.231 e. The first-order valence-corrected chi connectivity index (χ1v) is 10.4. The van der Waals surface area contributed by atoms with Gasteiger partial charge in [-0.3, -0.25) is 9.59 Å². The normalized spacial score (nSPS) is 23.5. The van der Waals surface area contributed by atoms with Crippen molar-refractivity contribution in [2.45, 2.75) is 25.2 Å². The summed E-state index contributed by atoms with van der Waals surface area (Å²) in [5.74, 6) is -0.247. The maximum absolute atomic E-state index is 12.5. The molecule has 29 heavy (non-hydrogen) atoms. The van der Waals surface area contributed by atoms with Gasteiger partial charge in [-0.05, 0) is 48.7 Å². The number of nitrogens with zero attached hydrogens (tertiary/aromatic N) is 2. The molecule has 0 spiro atoms. The van der Waals surface area contributed by atoms with Crippen molar-refractivity contribution in [2.75, 3.05) is 11.1 Å². The van der Waals surface area contributed by atoms with Crippen molar-refractivity contribution in [1.82, 2.24) is 9.97 Å². The van der Waals surface area contributed by atoms with Gasteiger partial charge in [0.1, 0.15) is 24.0 Å².